The zero-order chi connectivity index (χ0) is 24.9. The van der Waals surface area contributed by atoms with Crippen LogP contribution in [0.5, 0.6) is 5.75 Å². The van der Waals surface area contributed by atoms with Crippen LogP contribution in [0.25, 0.3) is 11.4 Å². The Morgan fingerprint density at radius 1 is 1.11 bits per heavy atom. The largest absolute Gasteiger partial charge is 0.494 e. The number of rotatable bonds is 9. The number of hydrogen-bond acceptors (Lipinski definition) is 10. The Labute approximate surface area is 202 Å². The SMILES string of the molecule is CCC(=O)c1cnc(Nc2cc(C(C)N)ncn2)cc1Nc1cccc(-c2ncn(C)n2)c1OC. The number of ether oxygens (including phenoxy) is 1. The minimum absolute atomic E-state index is 0.0469. The highest BCUT2D eigenvalue weighted by atomic mass is 16.5. The van der Waals surface area contributed by atoms with E-state index in [2.05, 4.69) is 35.7 Å². The van der Waals surface area contributed by atoms with Crippen molar-refractivity contribution in [1.29, 1.82) is 0 Å². The van der Waals surface area contributed by atoms with Gasteiger partial charge < -0.3 is 21.1 Å². The lowest BCUT2D eigenvalue weighted by atomic mass is 10.1. The predicted octanol–water partition coefficient (Wildman–Crippen LogP) is 3.78. The number of carbonyl (C=O) groups excluding carboxylic acids is 1. The van der Waals surface area contributed by atoms with Gasteiger partial charge in [-0.3, -0.25) is 9.48 Å². The molecule has 1 atom stereocenters. The smallest absolute Gasteiger partial charge is 0.184 e. The zero-order valence-corrected chi connectivity index (χ0v) is 20.0. The number of nitrogens with one attached hydrogen (secondary N) is 2. The minimum atomic E-state index is -0.235. The van der Waals surface area contributed by atoms with Gasteiger partial charge in [-0.2, -0.15) is 5.10 Å². The van der Waals surface area contributed by atoms with Gasteiger partial charge >= 0.3 is 0 Å². The highest BCUT2D eigenvalue weighted by Crippen LogP contribution is 2.37. The lowest BCUT2D eigenvalue weighted by Crippen LogP contribution is -2.09. The van der Waals surface area contributed by atoms with Gasteiger partial charge in [0.2, 0.25) is 0 Å². The van der Waals surface area contributed by atoms with E-state index in [1.165, 1.54) is 6.33 Å². The summed E-state index contributed by atoms with van der Waals surface area (Å²) in [5, 5.41) is 10.9. The van der Waals surface area contributed by atoms with Gasteiger partial charge in [0.05, 0.1) is 35.3 Å². The van der Waals surface area contributed by atoms with Gasteiger partial charge in [-0.25, -0.2) is 19.9 Å². The van der Waals surface area contributed by atoms with Gasteiger partial charge in [-0.1, -0.05) is 13.0 Å². The molecule has 0 amide bonds. The number of carbonyl (C=O) groups is 1. The second kappa shape index (κ2) is 10.3. The maximum absolute atomic E-state index is 12.7. The molecule has 11 heteroatoms. The monoisotopic (exact) mass is 473 g/mol. The van der Waals surface area contributed by atoms with Crippen LogP contribution in [0.3, 0.4) is 0 Å². The average molecular weight is 474 g/mol. The molecule has 0 aliphatic carbocycles. The molecule has 0 radical (unpaired) electrons. The van der Waals surface area contributed by atoms with Crippen molar-refractivity contribution in [3.05, 3.63) is 60.4 Å². The van der Waals surface area contributed by atoms with E-state index in [9.17, 15) is 4.79 Å². The van der Waals surface area contributed by atoms with Crippen molar-refractivity contribution in [3.63, 3.8) is 0 Å². The molecule has 0 saturated carbocycles. The van der Waals surface area contributed by atoms with E-state index in [1.807, 2.05) is 32.0 Å². The number of hydrogen-bond donors (Lipinski definition) is 3. The van der Waals surface area contributed by atoms with Crippen molar-refractivity contribution in [2.75, 3.05) is 17.7 Å². The second-order valence-corrected chi connectivity index (χ2v) is 7.89. The Morgan fingerprint density at radius 2 is 1.91 bits per heavy atom. The van der Waals surface area contributed by atoms with E-state index in [0.717, 1.165) is 5.56 Å². The Kier molecular flexibility index (Phi) is 6.97. The van der Waals surface area contributed by atoms with Gasteiger partial charge in [0, 0.05) is 37.8 Å². The summed E-state index contributed by atoms with van der Waals surface area (Å²) < 4.78 is 7.33. The van der Waals surface area contributed by atoms with Crippen molar-refractivity contribution in [2.45, 2.75) is 26.3 Å². The first kappa shape index (κ1) is 23.8. The van der Waals surface area contributed by atoms with Crippen molar-refractivity contribution >= 4 is 28.8 Å². The number of pyridine rings is 1. The molecular weight excluding hydrogens is 446 g/mol. The lowest BCUT2D eigenvalue weighted by molar-refractivity contribution is 0.0988. The zero-order valence-electron chi connectivity index (χ0n) is 20.0. The number of benzene rings is 1. The second-order valence-electron chi connectivity index (χ2n) is 7.89. The number of para-hydroxylation sites is 1. The fourth-order valence-corrected chi connectivity index (χ4v) is 3.50. The third-order valence-corrected chi connectivity index (χ3v) is 5.27. The first-order valence-corrected chi connectivity index (χ1v) is 11.1. The molecule has 0 saturated heterocycles. The van der Waals surface area contributed by atoms with Crippen LogP contribution in [-0.4, -0.2) is 42.6 Å². The Balaban J connectivity index is 1.72. The highest BCUT2D eigenvalue weighted by molar-refractivity contribution is 6.02. The van der Waals surface area contributed by atoms with E-state index in [1.54, 1.807) is 43.5 Å². The number of aromatic nitrogens is 6. The van der Waals surface area contributed by atoms with Gasteiger partial charge in [-0.15, -0.1) is 0 Å². The molecule has 1 aromatic carbocycles. The predicted molar refractivity (Wildman–Crippen MR) is 133 cm³/mol. The Hall–Kier alpha value is -4.38. The molecule has 0 aliphatic heterocycles. The van der Waals surface area contributed by atoms with Crippen molar-refractivity contribution in [3.8, 4) is 17.1 Å². The number of anilines is 4. The molecule has 4 N–H and O–H groups in total. The summed E-state index contributed by atoms with van der Waals surface area (Å²) in [7, 11) is 3.38. The van der Waals surface area contributed by atoms with E-state index in [-0.39, 0.29) is 11.8 Å². The summed E-state index contributed by atoms with van der Waals surface area (Å²) in [5.74, 6) is 2.08. The maximum atomic E-state index is 12.7. The third kappa shape index (κ3) is 5.25. The lowest BCUT2D eigenvalue weighted by Gasteiger charge is -2.17. The van der Waals surface area contributed by atoms with Gasteiger partial charge in [0.25, 0.3) is 0 Å². The molecule has 3 heterocycles. The van der Waals surface area contributed by atoms with E-state index >= 15 is 0 Å². The normalized spacial score (nSPS) is 11.7. The number of methoxy groups -OCH3 is 1. The average Bonchev–Trinajstić information content (AvgIpc) is 3.30. The standard InChI is InChI=1S/C24H27N9O2/c1-5-20(34)16-11-26-21(31-22-9-18(14(2)25)27-12-28-22)10-19(16)30-17-8-6-7-15(23(17)35-4)24-29-13-33(3)32-24/h6-14H,5,25H2,1-4H3,(H2,26,27,28,30,31). The number of ketones is 1. The molecule has 3 aromatic heterocycles. The summed E-state index contributed by atoms with van der Waals surface area (Å²) in [4.78, 5) is 29.8. The van der Waals surface area contributed by atoms with Crippen LogP contribution >= 0.6 is 0 Å². The number of nitrogens with two attached hydrogens (primary N) is 1. The molecule has 1 unspecified atom stereocenters. The Morgan fingerprint density at radius 3 is 2.60 bits per heavy atom. The first-order chi connectivity index (χ1) is 16.9. The fourth-order valence-electron chi connectivity index (χ4n) is 3.50. The molecule has 0 fully saturated rings. The van der Waals surface area contributed by atoms with Gasteiger partial charge in [0.15, 0.2) is 17.4 Å². The van der Waals surface area contributed by atoms with Crippen molar-refractivity contribution < 1.29 is 9.53 Å². The number of aryl methyl sites for hydroxylation is 1. The van der Waals surface area contributed by atoms with E-state index < -0.39 is 0 Å². The van der Waals surface area contributed by atoms with Crippen LogP contribution in [0.1, 0.15) is 42.4 Å². The van der Waals surface area contributed by atoms with Crippen molar-refractivity contribution in [1.82, 2.24) is 29.7 Å². The molecule has 0 aliphatic rings. The first-order valence-electron chi connectivity index (χ1n) is 11.1. The molecule has 0 spiro atoms. The van der Waals surface area contributed by atoms with Crippen LogP contribution < -0.4 is 21.1 Å². The minimum Gasteiger partial charge on any atom is -0.494 e. The van der Waals surface area contributed by atoms with Crippen LogP contribution in [-0.2, 0) is 7.05 Å². The molecule has 4 rings (SSSR count). The van der Waals surface area contributed by atoms with Crippen LogP contribution in [0.4, 0.5) is 23.0 Å². The van der Waals surface area contributed by atoms with Crippen molar-refractivity contribution in [2.24, 2.45) is 12.8 Å². The third-order valence-electron chi connectivity index (χ3n) is 5.27. The quantitative estimate of drug-likeness (QED) is 0.307. The topological polar surface area (TPSA) is 146 Å². The molecule has 0 bridgehead atoms. The van der Waals surface area contributed by atoms with Crippen LogP contribution in [0.2, 0.25) is 0 Å². The molecule has 11 nitrogen and oxygen atoms in total. The molecule has 35 heavy (non-hydrogen) atoms. The summed E-state index contributed by atoms with van der Waals surface area (Å²) >= 11 is 0. The summed E-state index contributed by atoms with van der Waals surface area (Å²) in [6.45, 7) is 3.65. The molecule has 180 valence electrons. The highest BCUT2D eigenvalue weighted by Gasteiger charge is 2.18. The maximum Gasteiger partial charge on any atom is 0.184 e. The molecule has 4 aromatic rings. The van der Waals surface area contributed by atoms with Crippen LogP contribution in [0, 0.1) is 0 Å². The van der Waals surface area contributed by atoms with E-state index in [4.69, 9.17) is 10.5 Å². The fraction of sp³-hybridized carbons (Fsp3) is 0.250. The number of nitrogens with zero attached hydrogens (tertiary/aromatic N) is 6. The molecular formula is C24H27N9O2. The number of Topliss-reactive ketones (excluding diaryl/α,β-unsaturated/α-hetero) is 1. The van der Waals surface area contributed by atoms with Gasteiger partial charge in [-0.05, 0) is 19.1 Å². The van der Waals surface area contributed by atoms with E-state index in [0.29, 0.717) is 52.3 Å². The van der Waals surface area contributed by atoms with Gasteiger partial charge in [0.1, 0.15) is 24.3 Å². The van der Waals surface area contributed by atoms with Crippen LogP contribution in [0.15, 0.2) is 49.2 Å². The summed E-state index contributed by atoms with van der Waals surface area (Å²) in [6.07, 6.45) is 4.94. The summed E-state index contributed by atoms with van der Waals surface area (Å²) in [6, 6.07) is 8.88. The Bertz CT molecular complexity index is 1350. The summed E-state index contributed by atoms with van der Waals surface area (Å²) in [5.41, 5.74) is 9.03.